The van der Waals surface area contributed by atoms with E-state index in [-0.39, 0.29) is 5.78 Å². The summed E-state index contributed by atoms with van der Waals surface area (Å²) in [5.41, 5.74) is 3.00. The van der Waals surface area contributed by atoms with Crippen molar-refractivity contribution < 1.29 is 4.79 Å². The third kappa shape index (κ3) is 3.80. The number of anilines is 1. The van der Waals surface area contributed by atoms with Crippen LogP contribution in [0.1, 0.15) is 48.0 Å². The summed E-state index contributed by atoms with van der Waals surface area (Å²) in [5, 5.41) is 6.52. The summed E-state index contributed by atoms with van der Waals surface area (Å²) < 4.78 is 0. The Bertz CT molecular complexity index is 436. The van der Waals surface area contributed by atoms with E-state index < -0.39 is 0 Å². The fourth-order valence-corrected chi connectivity index (χ4v) is 2.76. The van der Waals surface area contributed by atoms with Gasteiger partial charge in [-0.25, -0.2) is 0 Å². The van der Waals surface area contributed by atoms with Gasteiger partial charge in [0.25, 0.3) is 0 Å². The number of benzene rings is 1. The first-order valence-electron chi connectivity index (χ1n) is 7.25. The van der Waals surface area contributed by atoms with E-state index in [1.54, 1.807) is 0 Å². The molecule has 0 aromatic heterocycles. The topological polar surface area (TPSA) is 41.1 Å². The van der Waals surface area contributed by atoms with E-state index >= 15 is 0 Å². The van der Waals surface area contributed by atoms with Gasteiger partial charge < -0.3 is 10.6 Å². The lowest BCUT2D eigenvalue weighted by Crippen LogP contribution is -2.35. The molecule has 104 valence electrons. The Kier molecular flexibility index (Phi) is 4.97. The second-order valence-electron chi connectivity index (χ2n) is 5.42. The van der Waals surface area contributed by atoms with Crippen molar-refractivity contribution in [2.45, 2.75) is 45.1 Å². The van der Waals surface area contributed by atoms with Gasteiger partial charge in [-0.2, -0.15) is 0 Å². The average molecular weight is 260 g/mol. The normalized spacial score (nSPS) is 16.3. The molecule has 0 radical (unpaired) electrons. The number of aryl methyl sites for hydroxylation is 1. The van der Waals surface area contributed by atoms with Crippen LogP contribution in [0.3, 0.4) is 0 Å². The summed E-state index contributed by atoms with van der Waals surface area (Å²) in [6.07, 6.45) is 6.36. The van der Waals surface area contributed by atoms with Crippen LogP contribution in [0.2, 0.25) is 0 Å². The Morgan fingerprint density at radius 1 is 1.26 bits per heavy atom. The first kappa shape index (κ1) is 14.1. The zero-order valence-electron chi connectivity index (χ0n) is 12.0. The van der Waals surface area contributed by atoms with Crippen molar-refractivity contribution in [2.24, 2.45) is 0 Å². The van der Waals surface area contributed by atoms with E-state index in [4.69, 9.17) is 0 Å². The van der Waals surface area contributed by atoms with Crippen molar-refractivity contribution in [2.75, 3.05) is 18.9 Å². The van der Waals surface area contributed by atoms with E-state index in [1.165, 1.54) is 32.1 Å². The molecule has 2 N–H and O–H groups in total. The molecule has 0 spiro atoms. The van der Waals surface area contributed by atoms with E-state index in [0.29, 0.717) is 12.6 Å². The minimum absolute atomic E-state index is 0.191. The number of nitrogens with one attached hydrogen (secondary N) is 2. The van der Waals surface area contributed by atoms with E-state index in [2.05, 4.69) is 10.6 Å². The SMILES string of the molecule is CNc1ccc(C(=O)CNC2CCCCC2)cc1C. The van der Waals surface area contributed by atoms with Crippen molar-refractivity contribution in [3.63, 3.8) is 0 Å². The van der Waals surface area contributed by atoms with Crippen LogP contribution in [0.25, 0.3) is 0 Å². The Labute approximate surface area is 115 Å². The summed E-state index contributed by atoms with van der Waals surface area (Å²) in [5.74, 6) is 0.191. The molecule has 1 aliphatic carbocycles. The van der Waals surface area contributed by atoms with Crippen LogP contribution in [-0.4, -0.2) is 25.4 Å². The molecule has 0 amide bonds. The zero-order chi connectivity index (χ0) is 13.7. The number of ketones is 1. The predicted molar refractivity (Wildman–Crippen MR) is 79.9 cm³/mol. The van der Waals surface area contributed by atoms with Crippen LogP contribution in [0.4, 0.5) is 5.69 Å². The van der Waals surface area contributed by atoms with Gasteiger partial charge in [0.1, 0.15) is 0 Å². The number of hydrogen-bond acceptors (Lipinski definition) is 3. The summed E-state index contributed by atoms with van der Waals surface area (Å²) >= 11 is 0. The first-order valence-corrected chi connectivity index (χ1v) is 7.25. The molecule has 0 unspecified atom stereocenters. The molecule has 0 bridgehead atoms. The molecule has 1 fully saturated rings. The number of Topliss-reactive ketones (excluding diaryl/α,β-unsaturated/α-hetero) is 1. The van der Waals surface area contributed by atoms with Crippen LogP contribution in [0.5, 0.6) is 0 Å². The van der Waals surface area contributed by atoms with Crippen molar-refractivity contribution in [3.05, 3.63) is 29.3 Å². The van der Waals surface area contributed by atoms with Crippen molar-refractivity contribution in [3.8, 4) is 0 Å². The molecule has 0 aliphatic heterocycles. The summed E-state index contributed by atoms with van der Waals surface area (Å²) in [6, 6.07) is 6.39. The van der Waals surface area contributed by atoms with Crippen LogP contribution in [-0.2, 0) is 0 Å². The molecule has 3 nitrogen and oxygen atoms in total. The standard InChI is InChI=1S/C16H24N2O/c1-12-10-13(8-9-15(12)17-2)16(19)11-18-14-6-4-3-5-7-14/h8-10,14,17-18H,3-7,11H2,1-2H3. The molecule has 0 heterocycles. The van der Waals surface area contributed by atoms with Crippen molar-refractivity contribution in [1.82, 2.24) is 5.32 Å². The van der Waals surface area contributed by atoms with Gasteiger partial charge in [-0.05, 0) is 43.5 Å². The van der Waals surface area contributed by atoms with Crippen LogP contribution in [0.15, 0.2) is 18.2 Å². The lowest BCUT2D eigenvalue weighted by atomic mass is 9.95. The van der Waals surface area contributed by atoms with E-state index in [1.807, 2.05) is 32.2 Å². The highest BCUT2D eigenvalue weighted by Gasteiger charge is 2.14. The lowest BCUT2D eigenvalue weighted by Gasteiger charge is -2.22. The maximum atomic E-state index is 12.2. The Morgan fingerprint density at radius 3 is 2.63 bits per heavy atom. The Balaban J connectivity index is 1.90. The Morgan fingerprint density at radius 2 is 2.00 bits per heavy atom. The van der Waals surface area contributed by atoms with Gasteiger partial charge >= 0.3 is 0 Å². The fourth-order valence-electron chi connectivity index (χ4n) is 2.76. The van der Waals surface area contributed by atoms with Crippen molar-refractivity contribution >= 4 is 11.5 Å². The van der Waals surface area contributed by atoms with Crippen LogP contribution >= 0.6 is 0 Å². The molecule has 1 aromatic carbocycles. The fraction of sp³-hybridized carbons (Fsp3) is 0.562. The number of carbonyl (C=O) groups is 1. The Hall–Kier alpha value is -1.35. The third-order valence-electron chi connectivity index (χ3n) is 3.97. The quantitative estimate of drug-likeness (QED) is 0.799. The van der Waals surface area contributed by atoms with Gasteiger partial charge in [-0.3, -0.25) is 4.79 Å². The number of hydrogen-bond donors (Lipinski definition) is 2. The van der Waals surface area contributed by atoms with Gasteiger partial charge in [-0.1, -0.05) is 19.3 Å². The highest BCUT2D eigenvalue weighted by molar-refractivity contribution is 5.98. The van der Waals surface area contributed by atoms with E-state index in [9.17, 15) is 4.79 Å². The van der Waals surface area contributed by atoms with Gasteiger partial charge in [0.2, 0.25) is 0 Å². The first-order chi connectivity index (χ1) is 9.20. The summed E-state index contributed by atoms with van der Waals surface area (Å²) in [7, 11) is 1.90. The largest absolute Gasteiger partial charge is 0.388 e. The second kappa shape index (κ2) is 6.71. The van der Waals surface area contributed by atoms with Gasteiger partial charge in [0.15, 0.2) is 5.78 Å². The highest BCUT2D eigenvalue weighted by atomic mass is 16.1. The molecule has 1 aliphatic rings. The van der Waals surface area contributed by atoms with Crippen molar-refractivity contribution in [1.29, 1.82) is 0 Å². The van der Waals surface area contributed by atoms with Crippen LogP contribution in [0, 0.1) is 6.92 Å². The molecule has 2 rings (SSSR count). The minimum atomic E-state index is 0.191. The zero-order valence-corrected chi connectivity index (χ0v) is 12.0. The number of rotatable bonds is 5. The summed E-state index contributed by atoms with van der Waals surface area (Å²) in [6.45, 7) is 2.49. The summed E-state index contributed by atoms with van der Waals surface area (Å²) in [4.78, 5) is 12.2. The van der Waals surface area contributed by atoms with Gasteiger partial charge in [0.05, 0.1) is 6.54 Å². The molecule has 1 saturated carbocycles. The molecule has 0 saturated heterocycles. The predicted octanol–water partition coefficient (Wildman–Crippen LogP) is 3.14. The lowest BCUT2D eigenvalue weighted by molar-refractivity contribution is 0.0984. The second-order valence-corrected chi connectivity index (χ2v) is 5.42. The molecule has 19 heavy (non-hydrogen) atoms. The number of carbonyl (C=O) groups excluding carboxylic acids is 1. The smallest absolute Gasteiger partial charge is 0.176 e. The monoisotopic (exact) mass is 260 g/mol. The third-order valence-corrected chi connectivity index (χ3v) is 3.97. The minimum Gasteiger partial charge on any atom is -0.388 e. The maximum Gasteiger partial charge on any atom is 0.176 e. The molecule has 0 atom stereocenters. The van der Waals surface area contributed by atoms with E-state index in [0.717, 1.165) is 16.8 Å². The molecule has 3 heteroatoms. The van der Waals surface area contributed by atoms with Crippen LogP contribution < -0.4 is 10.6 Å². The average Bonchev–Trinajstić information content (AvgIpc) is 2.45. The molecular formula is C16H24N2O. The van der Waals surface area contributed by atoms with Gasteiger partial charge in [0, 0.05) is 24.3 Å². The maximum absolute atomic E-state index is 12.2. The highest BCUT2D eigenvalue weighted by Crippen LogP contribution is 2.18. The molecular weight excluding hydrogens is 236 g/mol. The van der Waals surface area contributed by atoms with Gasteiger partial charge in [-0.15, -0.1) is 0 Å². The molecule has 1 aromatic rings.